The fourth-order valence-electron chi connectivity index (χ4n) is 2.77. The van der Waals surface area contributed by atoms with Crippen LogP contribution in [0.1, 0.15) is 23.0 Å². The quantitative estimate of drug-likeness (QED) is 0.724. The monoisotopic (exact) mass is 281 g/mol. The maximum atomic E-state index is 4.68. The van der Waals surface area contributed by atoms with Crippen LogP contribution < -0.4 is 5.32 Å². The maximum absolute atomic E-state index is 4.68. The van der Waals surface area contributed by atoms with E-state index >= 15 is 0 Å². The molecule has 4 heteroatoms. The molecular formula is C16H15N3S. The summed E-state index contributed by atoms with van der Waals surface area (Å²) < 4.78 is 2.10. The molecule has 1 aromatic carbocycles. The van der Waals surface area contributed by atoms with Gasteiger partial charge in [-0.15, -0.1) is 0 Å². The molecule has 2 aromatic heterocycles. The molecule has 0 saturated carbocycles. The zero-order valence-electron chi connectivity index (χ0n) is 11.4. The van der Waals surface area contributed by atoms with E-state index in [0.29, 0.717) is 0 Å². The Morgan fingerprint density at radius 2 is 2.10 bits per heavy atom. The number of anilines is 1. The first-order chi connectivity index (χ1) is 9.72. The fourth-order valence-corrected chi connectivity index (χ4v) is 3.45. The van der Waals surface area contributed by atoms with E-state index in [1.54, 1.807) is 11.3 Å². The van der Waals surface area contributed by atoms with Crippen LogP contribution in [0, 0.1) is 13.8 Å². The van der Waals surface area contributed by atoms with E-state index < -0.39 is 0 Å². The Morgan fingerprint density at radius 1 is 1.20 bits per heavy atom. The number of aryl methyl sites for hydroxylation is 2. The number of fused-ring (bicyclic) bond motifs is 3. The Kier molecular flexibility index (Phi) is 2.47. The van der Waals surface area contributed by atoms with Crippen LogP contribution in [0.4, 0.5) is 5.69 Å². The lowest BCUT2D eigenvalue weighted by molar-refractivity contribution is 0.572. The molecule has 0 spiro atoms. The van der Waals surface area contributed by atoms with E-state index in [0.717, 1.165) is 5.69 Å². The zero-order valence-corrected chi connectivity index (χ0v) is 12.2. The van der Waals surface area contributed by atoms with E-state index in [1.165, 1.54) is 28.1 Å². The molecule has 3 aromatic rings. The van der Waals surface area contributed by atoms with E-state index in [1.807, 2.05) is 6.92 Å². The van der Waals surface area contributed by atoms with Gasteiger partial charge in [0.1, 0.15) is 6.17 Å². The van der Waals surface area contributed by atoms with Crippen molar-refractivity contribution in [3.63, 3.8) is 0 Å². The van der Waals surface area contributed by atoms with Gasteiger partial charge in [-0.25, -0.2) is 4.68 Å². The average Bonchev–Trinajstić information content (AvgIpc) is 3.06. The number of thiophene rings is 1. The van der Waals surface area contributed by atoms with Crippen LogP contribution in [-0.2, 0) is 0 Å². The standard InChI is InChI=1S/C16H15N3S/c1-10-3-4-14-13(7-10)15-8-11(2)18-19(15)16(17-14)12-5-6-20-9-12/h3-9,16-17H,1-2H3/t16-/m1/s1. The van der Waals surface area contributed by atoms with E-state index in [2.05, 4.69) is 63.1 Å². The van der Waals surface area contributed by atoms with Crippen molar-refractivity contribution in [3.8, 4) is 11.3 Å². The van der Waals surface area contributed by atoms with Gasteiger partial charge in [-0.1, -0.05) is 11.6 Å². The van der Waals surface area contributed by atoms with Crippen LogP contribution in [0.3, 0.4) is 0 Å². The summed E-state index contributed by atoms with van der Waals surface area (Å²) in [6, 6.07) is 10.9. The second-order valence-electron chi connectivity index (χ2n) is 5.27. The van der Waals surface area contributed by atoms with Crippen molar-refractivity contribution in [3.05, 3.63) is 57.9 Å². The minimum Gasteiger partial charge on any atom is -0.359 e. The normalized spacial score (nSPS) is 16.4. The SMILES string of the molecule is Cc1ccc2c(c1)-c1cc(C)nn1[C@H](c1ccsc1)N2. The average molecular weight is 281 g/mol. The summed E-state index contributed by atoms with van der Waals surface area (Å²) in [5.74, 6) is 0. The number of benzene rings is 1. The van der Waals surface area contributed by atoms with Gasteiger partial charge in [0.25, 0.3) is 0 Å². The highest BCUT2D eigenvalue weighted by Crippen LogP contribution is 2.39. The summed E-state index contributed by atoms with van der Waals surface area (Å²) in [4.78, 5) is 0. The maximum Gasteiger partial charge on any atom is 0.148 e. The molecule has 1 aliphatic rings. The third kappa shape index (κ3) is 1.68. The molecule has 4 rings (SSSR count). The number of rotatable bonds is 1. The van der Waals surface area contributed by atoms with Crippen molar-refractivity contribution in [1.82, 2.24) is 9.78 Å². The first-order valence-corrected chi connectivity index (χ1v) is 7.62. The van der Waals surface area contributed by atoms with Gasteiger partial charge < -0.3 is 5.32 Å². The zero-order chi connectivity index (χ0) is 13.7. The van der Waals surface area contributed by atoms with Gasteiger partial charge in [0.05, 0.1) is 11.4 Å². The smallest absolute Gasteiger partial charge is 0.148 e. The molecule has 20 heavy (non-hydrogen) atoms. The van der Waals surface area contributed by atoms with Crippen molar-refractivity contribution >= 4 is 17.0 Å². The molecule has 0 aliphatic carbocycles. The Bertz CT molecular complexity index is 771. The Morgan fingerprint density at radius 3 is 2.90 bits per heavy atom. The second kappa shape index (κ2) is 4.21. The van der Waals surface area contributed by atoms with E-state index in [9.17, 15) is 0 Å². The summed E-state index contributed by atoms with van der Waals surface area (Å²) in [5, 5.41) is 12.6. The number of aromatic nitrogens is 2. The van der Waals surface area contributed by atoms with Gasteiger partial charge in [-0.3, -0.25) is 0 Å². The van der Waals surface area contributed by atoms with Gasteiger partial charge in [-0.05, 0) is 48.9 Å². The van der Waals surface area contributed by atoms with E-state index in [-0.39, 0.29) is 6.17 Å². The van der Waals surface area contributed by atoms with Crippen molar-refractivity contribution in [2.24, 2.45) is 0 Å². The number of nitrogens with zero attached hydrogens (tertiary/aromatic N) is 2. The molecule has 3 heterocycles. The van der Waals surface area contributed by atoms with Crippen LogP contribution in [0.25, 0.3) is 11.3 Å². The second-order valence-corrected chi connectivity index (χ2v) is 6.05. The first kappa shape index (κ1) is 11.7. The summed E-state index contributed by atoms with van der Waals surface area (Å²) >= 11 is 1.72. The van der Waals surface area contributed by atoms with Crippen molar-refractivity contribution < 1.29 is 0 Å². The van der Waals surface area contributed by atoms with Crippen LogP contribution in [0.5, 0.6) is 0 Å². The molecule has 0 radical (unpaired) electrons. The lowest BCUT2D eigenvalue weighted by Gasteiger charge is -2.28. The van der Waals surface area contributed by atoms with Gasteiger partial charge in [-0.2, -0.15) is 16.4 Å². The highest BCUT2D eigenvalue weighted by Gasteiger charge is 2.26. The van der Waals surface area contributed by atoms with Crippen LogP contribution in [0.15, 0.2) is 41.1 Å². The van der Waals surface area contributed by atoms with Crippen molar-refractivity contribution in [2.75, 3.05) is 5.32 Å². The first-order valence-electron chi connectivity index (χ1n) is 6.68. The topological polar surface area (TPSA) is 29.9 Å². The van der Waals surface area contributed by atoms with Crippen molar-refractivity contribution in [2.45, 2.75) is 20.0 Å². The summed E-state index contributed by atoms with van der Waals surface area (Å²) in [6.45, 7) is 4.17. The van der Waals surface area contributed by atoms with Crippen molar-refractivity contribution in [1.29, 1.82) is 0 Å². The number of hydrogen-bond acceptors (Lipinski definition) is 3. The molecule has 0 bridgehead atoms. The lowest BCUT2D eigenvalue weighted by Crippen LogP contribution is -2.25. The van der Waals surface area contributed by atoms with Crippen LogP contribution in [-0.4, -0.2) is 9.78 Å². The summed E-state index contributed by atoms with van der Waals surface area (Å²) in [5.41, 5.74) is 7.18. The van der Waals surface area contributed by atoms with Crippen LogP contribution in [0.2, 0.25) is 0 Å². The number of nitrogens with one attached hydrogen (secondary N) is 1. The molecule has 1 atom stereocenters. The predicted molar refractivity (Wildman–Crippen MR) is 83.2 cm³/mol. The molecule has 100 valence electrons. The van der Waals surface area contributed by atoms with Crippen LogP contribution >= 0.6 is 11.3 Å². The Hall–Kier alpha value is -2.07. The Balaban J connectivity index is 1.95. The summed E-state index contributed by atoms with van der Waals surface area (Å²) in [6.07, 6.45) is 0.0835. The molecule has 0 saturated heterocycles. The van der Waals surface area contributed by atoms with Gasteiger partial charge in [0.15, 0.2) is 0 Å². The largest absolute Gasteiger partial charge is 0.359 e. The predicted octanol–water partition coefficient (Wildman–Crippen LogP) is 4.20. The third-order valence-corrected chi connectivity index (χ3v) is 4.41. The number of hydrogen-bond donors (Lipinski definition) is 1. The molecule has 3 nitrogen and oxygen atoms in total. The summed E-state index contributed by atoms with van der Waals surface area (Å²) in [7, 11) is 0. The lowest BCUT2D eigenvalue weighted by atomic mass is 10.0. The fraction of sp³-hybridized carbons (Fsp3) is 0.188. The minimum absolute atomic E-state index is 0.0835. The van der Waals surface area contributed by atoms with Gasteiger partial charge in [0.2, 0.25) is 0 Å². The highest BCUT2D eigenvalue weighted by atomic mass is 32.1. The molecule has 0 unspecified atom stereocenters. The van der Waals surface area contributed by atoms with Gasteiger partial charge >= 0.3 is 0 Å². The molecular weight excluding hydrogens is 266 g/mol. The molecule has 0 fully saturated rings. The minimum atomic E-state index is 0.0835. The Labute approximate surface area is 121 Å². The highest BCUT2D eigenvalue weighted by molar-refractivity contribution is 7.08. The molecule has 1 aliphatic heterocycles. The molecule has 0 amide bonds. The van der Waals surface area contributed by atoms with Gasteiger partial charge in [0, 0.05) is 16.8 Å². The third-order valence-electron chi connectivity index (χ3n) is 3.70. The van der Waals surface area contributed by atoms with E-state index in [4.69, 9.17) is 0 Å². The molecule has 1 N–H and O–H groups in total.